The maximum Gasteiger partial charge on any atom is 0.212 e. The zero-order chi connectivity index (χ0) is 16.5. The Morgan fingerprint density at radius 1 is 1.29 bits per heavy atom. The van der Waals surface area contributed by atoms with E-state index in [1.807, 2.05) is 6.92 Å². The van der Waals surface area contributed by atoms with Gasteiger partial charge in [0.05, 0.1) is 5.75 Å². The van der Waals surface area contributed by atoms with Gasteiger partial charge in [0.15, 0.2) is 14.1 Å². The SMILES string of the molecule is Cc1cnc(C(CS(N)(=O)=O)O[Si](C)(C)C(C)(C)C)nc1. The summed E-state index contributed by atoms with van der Waals surface area (Å²) >= 11 is 0. The molecule has 1 rings (SSSR count). The van der Waals surface area contributed by atoms with Gasteiger partial charge in [0.25, 0.3) is 0 Å². The minimum atomic E-state index is -3.68. The van der Waals surface area contributed by atoms with Gasteiger partial charge >= 0.3 is 0 Å². The predicted octanol–water partition coefficient (Wildman–Crippen LogP) is 2.14. The van der Waals surface area contributed by atoms with Crippen LogP contribution in [0.25, 0.3) is 0 Å². The lowest BCUT2D eigenvalue weighted by molar-refractivity contribution is 0.195. The number of hydrogen-bond acceptors (Lipinski definition) is 5. The van der Waals surface area contributed by atoms with Crippen LogP contribution in [0.2, 0.25) is 18.1 Å². The van der Waals surface area contributed by atoms with Crippen molar-refractivity contribution < 1.29 is 12.8 Å². The van der Waals surface area contributed by atoms with Crippen molar-refractivity contribution in [1.29, 1.82) is 0 Å². The molecule has 0 aromatic carbocycles. The number of nitrogens with two attached hydrogens (primary N) is 1. The van der Waals surface area contributed by atoms with Crippen LogP contribution in [0.4, 0.5) is 0 Å². The van der Waals surface area contributed by atoms with Crippen LogP contribution in [-0.2, 0) is 14.4 Å². The quantitative estimate of drug-likeness (QED) is 0.834. The molecule has 0 amide bonds. The molecule has 0 bridgehead atoms. The first kappa shape index (κ1) is 18.2. The molecule has 21 heavy (non-hydrogen) atoms. The van der Waals surface area contributed by atoms with Gasteiger partial charge in [-0.15, -0.1) is 0 Å². The highest BCUT2D eigenvalue weighted by Gasteiger charge is 2.40. The molecule has 0 aliphatic carbocycles. The molecule has 1 atom stereocenters. The predicted molar refractivity (Wildman–Crippen MR) is 85.8 cm³/mol. The van der Waals surface area contributed by atoms with Gasteiger partial charge in [0.1, 0.15) is 6.10 Å². The fraction of sp³-hybridized carbons (Fsp3) is 0.692. The Labute approximate surface area is 128 Å². The van der Waals surface area contributed by atoms with E-state index in [0.717, 1.165) is 5.56 Å². The molecule has 0 aliphatic heterocycles. The molecule has 0 spiro atoms. The zero-order valence-corrected chi connectivity index (χ0v) is 15.4. The normalized spacial score (nSPS) is 15.0. The Bertz CT molecular complexity index is 580. The van der Waals surface area contributed by atoms with Gasteiger partial charge in [-0.2, -0.15) is 0 Å². The van der Waals surface area contributed by atoms with Gasteiger partial charge in [-0.25, -0.2) is 23.5 Å². The van der Waals surface area contributed by atoms with Crippen molar-refractivity contribution in [1.82, 2.24) is 9.97 Å². The van der Waals surface area contributed by atoms with Gasteiger partial charge in [-0.1, -0.05) is 20.8 Å². The standard InChI is InChI=1S/C13H25N3O3SSi/c1-10-7-15-12(16-8-10)11(9-20(14,17)18)19-21(5,6)13(2,3)4/h7-8,11H,9H2,1-6H3,(H2,14,17,18). The van der Waals surface area contributed by atoms with E-state index < -0.39 is 24.4 Å². The number of aromatic nitrogens is 2. The monoisotopic (exact) mass is 331 g/mol. The lowest BCUT2D eigenvalue weighted by Gasteiger charge is -2.38. The first-order chi connectivity index (χ1) is 9.32. The van der Waals surface area contributed by atoms with Gasteiger partial charge in [0, 0.05) is 12.4 Å². The van der Waals surface area contributed by atoms with Crippen LogP contribution in [0.15, 0.2) is 12.4 Å². The first-order valence-corrected chi connectivity index (χ1v) is 11.4. The van der Waals surface area contributed by atoms with Crippen LogP contribution in [0.3, 0.4) is 0 Å². The fourth-order valence-corrected chi connectivity index (χ4v) is 3.49. The average Bonchev–Trinajstić information content (AvgIpc) is 2.25. The number of aryl methyl sites for hydroxylation is 1. The maximum atomic E-state index is 11.5. The van der Waals surface area contributed by atoms with Crippen molar-refractivity contribution in [3.8, 4) is 0 Å². The largest absolute Gasteiger partial charge is 0.406 e. The van der Waals surface area contributed by atoms with Crippen molar-refractivity contribution in [2.75, 3.05) is 5.75 Å². The smallest absolute Gasteiger partial charge is 0.212 e. The van der Waals surface area contributed by atoms with Crippen molar-refractivity contribution in [3.05, 3.63) is 23.8 Å². The minimum Gasteiger partial charge on any atom is -0.406 e. The van der Waals surface area contributed by atoms with E-state index in [1.165, 1.54) is 0 Å². The third-order valence-corrected chi connectivity index (χ3v) is 8.97. The molecule has 0 fully saturated rings. The molecule has 1 aromatic heterocycles. The molecule has 1 aromatic rings. The highest BCUT2D eigenvalue weighted by Crippen LogP contribution is 2.39. The zero-order valence-electron chi connectivity index (χ0n) is 13.5. The van der Waals surface area contributed by atoms with E-state index in [-0.39, 0.29) is 10.8 Å². The van der Waals surface area contributed by atoms with Crippen LogP contribution in [-0.4, -0.2) is 32.5 Å². The third kappa shape index (κ3) is 5.46. The Balaban J connectivity index is 3.12. The molecule has 0 saturated carbocycles. The average molecular weight is 332 g/mol. The number of hydrogen-bond donors (Lipinski definition) is 1. The Kier molecular flexibility index (Phi) is 5.30. The highest BCUT2D eigenvalue weighted by atomic mass is 32.2. The molecular weight excluding hydrogens is 306 g/mol. The summed E-state index contributed by atoms with van der Waals surface area (Å²) in [6.07, 6.45) is 2.56. The second kappa shape index (κ2) is 6.11. The van der Waals surface area contributed by atoms with Crippen LogP contribution >= 0.6 is 0 Å². The van der Waals surface area contributed by atoms with Crippen molar-refractivity contribution in [2.24, 2.45) is 5.14 Å². The number of nitrogens with zero attached hydrogens (tertiary/aromatic N) is 2. The summed E-state index contributed by atoms with van der Waals surface area (Å²) in [6, 6.07) is 0. The second-order valence-corrected chi connectivity index (χ2v) is 13.2. The van der Waals surface area contributed by atoms with Crippen LogP contribution in [0, 0.1) is 6.92 Å². The van der Waals surface area contributed by atoms with Crippen LogP contribution in [0.1, 0.15) is 38.3 Å². The van der Waals surface area contributed by atoms with Crippen LogP contribution < -0.4 is 5.14 Å². The summed E-state index contributed by atoms with van der Waals surface area (Å²) in [4.78, 5) is 8.39. The minimum absolute atomic E-state index is 0.0473. The van der Waals surface area contributed by atoms with E-state index in [4.69, 9.17) is 9.56 Å². The Hall–Kier alpha value is -0.833. The summed E-state index contributed by atoms with van der Waals surface area (Å²) in [6.45, 7) is 12.2. The highest BCUT2D eigenvalue weighted by molar-refractivity contribution is 7.89. The lowest BCUT2D eigenvalue weighted by Crippen LogP contribution is -2.43. The van der Waals surface area contributed by atoms with Gasteiger partial charge in [-0.3, -0.25) is 0 Å². The summed E-state index contributed by atoms with van der Waals surface area (Å²) in [5.74, 6) is 0.0437. The Morgan fingerprint density at radius 2 is 1.76 bits per heavy atom. The molecule has 0 radical (unpaired) electrons. The molecule has 120 valence electrons. The van der Waals surface area contributed by atoms with Crippen molar-refractivity contribution in [3.63, 3.8) is 0 Å². The topological polar surface area (TPSA) is 95.2 Å². The van der Waals surface area contributed by atoms with Gasteiger partial charge in [0.2, 0.25) is 10.0 Å². The molecular formula is C13H25N3O3SSi. The first-order valence-electron chi connectivity index (χ1n) is 6.79. The van der Waals surface area contributed by atoms with E-state index >= 15 is 0 Å². The summed E-state index contributed by atoms with van der Waals surface area (Å²) in [5.41, 5.74) is 0.903. The van der Waals surface area contributed by atoms with E-state index in [0.29, 0.717) is 5.82 Å². The molecule has 1 heterocycles. The third-order valence-electron chi connectivity index (χ3n) is 3.72. The van der Waals surface area contributed by atoms with E-state index in [1.54, 1.807) is 12.4 Å². The summed E-state index contributed by atoms with van der Waals surface area (Å²) < 4.78 is 29.1. The lowest BCUT2D eigenvalue weighted by atomic mass is 10.2. The van der Waals surface area contributed by atoms with E-state index in [2.05, 4.69) is 43.8 Å². The van der Waals surface area contributed by atoms with E-state index in [9.17, 15) is 8.42 Å². The molecule has 1 unspecified atom stereocenters. The van der Waals surface area contributed by atoms with Gasteiger partial charge in [-0.05, 0) is 30.6 Å². The fourth-order valence-electron chi connectivity index (χ4n) is 1.47. The van der Waals surface area contributed by atoms with Crippen molar-refractivity contribution >= 4 is 18.3 Å². The molecule has 0 aliphatic rings. The summed E-state index contributed by atoms with van der Waals surface area (Å²) in [5, 5.41) is 5.14. The molecule has 6 nitrogen and oxygen atoms in total. The second-order valence-electron chi connectivity index (χ2n) is 6.81. The number of sulfonamides is 1. The number of rotatable bonds is 5. The molecule has 0 saturated heterocycles. The number of primary sulfonamides is 1. The maximum absolute atomic E-state index is 11.5. The van der Waals surface area contributed by atoms with Crippen LogP contribution in [0.5, 0.6) is 0 Å². The van der Waals surface area contributed by atoms with Gasteiger partial charge < -0.3 is 4.43 Å². The summed E-state index contributed by atoms with van der Waals surface area (Å²) in [7, 11) is -5.85. The molecule has 8 heteroatoms. The molecule has 2 N–H and O–H groups in total. The van der Waals surface area contributed by atoms with Crippen molar-refractivity contribution in [2.45, 2.75) is 51.9 Å². The Morgan fingerprint density at radius 3 is 2.14 bits per heavy atom.